The zero-order valence-electron chi connectivity index (χ0n) is 11.3. The normalized spacial score (nSPS) is 12.6. The minimum Gasteiger partial charge on any atom is -0.465 e. The molecule has 0 spiro atoms. The fourth-order valence-corrected chi connectivity index (χ4v) is 1.84. The molecule has 0 fully saturated rings. The van der Waals surface area contributed by atoms with Crippen molar-refractivity contribution in [2.24, 2.45) is 0 Å². The topological polar surface area (TPSA) is 38.3 Å². The van der Waals surface area contributed by atoms with E-state index in [0.29, 0.717) is 11.6 Å². The van der Waals surface area contributed by atoms with Crippen LogP contribution in [0.2, 0.25) is 5.02 Å². The second kappa shape index (κ2) is 6.76. The lowest BCUT2D eigenvalue weighted by Crippen LogP contribution is -2.34. The summed E-state index contributed by atoms with van der Waals surface area (Å²) in [7, 11) is 0. The standard InChI is InChI=1S/C14H20ClNO2/c1-5-18-14(17)13(16-9(2)3)11-7-6-10(4)12(15)8-11/h6-9,13,16H,5H2,1-4H3. The predicted octanol–water partition coefficient (Wildman–Crippen LogP) is 3.25. The molecule has 0 aliphatic rings. The summed E-state index contributed by atoms with van der Waals surface area (Å²) in [6, 6.07) is 5.33. The number of benzene rings is 1. The van der Waals surface area contributed by atoms with Crippen LogP contribution in [-0.2, 0) is 9.53 Å². The van der Waals surface area contributed by atoms with Crippen molar-refractivity contribution < 1.29 is 9.53 Å². The molecular formula is C14H20ClNO2. The largest absolute Gasteiger partial charge is 0.465 e. The molecule has 1 aromatic carbocycles. The fraction of sp³-hybridized carbons (Fsp3) is 0.500. The van der Waals surface area contributed by atoms with Gasteiger partial charge in [0.1, 0.15) is 6.04 Å². The van der Waals surface area contributed by atoms with Crippen LogP contribution in [0.15, 0.2) is 18.2 Å². The van der Waals surface area contributed by atoms with Crippen LogP contribution in [-0.4, -0.2) is 18.6 Å². The number of esters is 1. The summed E-state index contributed by atoms with van der Waals surface area (Å²) in [5.41, 5.74) is 1.82. The van der Waals surface area contributed by atoms with Gasteiger partial charge in [0.15, 0.2) is 0 Å². The smallest absolute Gasteiger partial charge is 0.327 e. The second-order valence-electron chi connectivity index (χ2n) is 4.52. The van der Waals surface area contributed by atoms with Crippen LogP contribution in [0.5, 0.6) is 0 Å². The van der Waals surface area contributed by atoms with Crippen molar-refractivity contribution in [2.75, 3.05) is 6.61 Å². The number of halogens is 1. The fourth-order valence-electron chi connectivity index (χ4n) is 1.65. The molecule has 1 atom stereocenters. The maximum Gasteiger partial charge on any atom is 0.327 e. The van der Waals surface area contributed by atoms with Crippen LogP contribution < -0.4 is 5.32 Å². The molecular weight excluding hydrogens is 250 g/mol. The maximum atomic E-state index is 11.9. The molecule has 1 unspecified atom stereocenters. The van der Waals surface area contributed by atoms with E-state index in [1.165, 1.54) is 0 Å². The average molecular weight is 270 g/mol. The van der Waals surface area contributed by atoms with E-state index in [2.05, 4.69) is 5.32 Å². The van der Waals surface area contributed by atoms with Gasteiger partial charge in [0.2, 0.25) is 0 Å². The molecule has 0 saturated carbocycles. The van der Waals surface area contributed by atoms with Crippen molar-refractivity contribution in [1.82, 2.24) is 5.32 Å². The van der Waals surface area contributed by atoms with Gasteiger partial charge in [0.25, 0.3) is 0 Å². The first-order chi connectivity index (χ1) is 8.45. The van der Waals surface area contributed by atoms with Crippen LogP contribution in [0.25, 0.3) is 0 Å². The highest BCUT2D eigenvalue weighted by atomic mass is 35.5. The van der Waals surface area contributed by atoms with E-state index in [4.69, 9.17) is 16.3 Å². The van der Waals surface area contributed by atoms with E-state index < -0.39 is 6.04 Å². The first kappa shape index (κ1) is 15.0. The molecule has 0 aliphatic heterocycles. The lowest BCUT2D eigenvalue weighted by Gasteiger charge is -2.20. The van der Waals surface area contributed by atoms with E-state index in [1.807, 2.05) is 39.0 Å². The molecule has 3 nitrogen and oxygen atoms in total. The Hall–Kier alpha value is -1.06. The van der Waals surface area contributed by atoms with Crippen molar-refractivity contribution in [3.05, 3.63) is 34.3 Å². The Morgan fingerprint density at radius 2 is 2.11 bits per heavy atom. The van der Waals surface area contributed by atoms with E-state index in [1.54, 1.807) is 6.92 Å². The Kier molecular flexibility index (Phi) is 5.63. The van der Waals surface area contributed by atoms with Crippen molar-refractivity contribution in [3.63, 3.8) is 0 Å². The Morgan fingerprint density at radius 1 is 1.44 bits per heavy atom. The van der Waals surface area contributed by atoms with Gasteiger partial charge in [-0.15, -0.1) is 0 Å². The summed E-state index contributed by atoms with van der Waals surface area (Å²) in [5, 5.41) is 3.85. The molecule has 1 rings (SSSR count). The third-order valence-electron chi connectivity index (χ3n) is 2.55. The third kappa shape index (κ3) is 4.00. The number of ether oxygens (including phenoxy) is 1. The van der Waals surface area contributed by atoms with Crippen molar-refractivity contribution in [3.8, 4) is 0 Å². The van der Waals surface area contributed by atoms with Crippen LogP contribution in [0, 0.1) is 6.92 Å². The van der Waals surface area contributed by atoms with E-state index in [0.717, 1.165) is 11.1 Å². The summed E-state index contributed by atoms with van der Waals surface area (Å²) in [6.45, 7) is 8.08. The van der Waals surface area contributed by atoms with Gasteiger partial charge in [-0.2, -0.15) is 0 Å². The minimum atomic E-state index is -0.469. The quantitative estimate of drug-likeness (QED) is 0.834. The number of nitrogens with one attached hydrogen (secondary N) is 1. The Morgan fingerprint density at radius 3 is 2.61 bits per heavy atom. The summed E-state index contributed by atoms with van der Waals surface area (Å²) in [4.78, 5) is 11.9. The molecule has 100 valence electrons. The Balaban J connectivity index is 3.00. The maximum absolute atomic E-state index is 11.9. The van der Waals surface area contributed by atoms with Gasteiger partial charge < -0.3 is 4.74 Å². The summed E-state index contributed by atoms with van der Waals surface area (Å²) in [6.07, 6.45) is 0. The number of carbonyl (C=O) groups is 1. The Labute approximate surface area is 113 Å². The minimum absolute atomic E-state index is 0.180. The molecule has 18 heavy (non-hydrogen) atoms. The number of hydrogen-bond acceptors (Lipinski definition) is 3. The lowest BCUT2D eigenvalue weighted by atomic mass is 10.0. The average Bonchev–Trinajstić information content (AvgIpc) is 2.30. The highest BCUT2D eigenvalue weighted by Gasteiger charge is 2.22. The summed E-state index contributed by atoms with van der Waals surface area (Å²) < 4.78 is 5.08. The van der Waals surface area contributed by atoms with Crippen molar-refractivity contribution in [2.45, 2.75) is 39.8 Å². The van der Waals surface area contributed by atoms with Crippen LogP contribution >= 0.6 is 11.6 Å². The molecule has 0 heterocycles. The number of hydrogen-bond donors (Lipinski definition) is 1. The monoisotopic (exact) mass is 269 g/mol. The van der Waals surface area contributed by atoms with Crippen LogP contribution in [0.3, 0.4) is 0 Å². The zero-order valence-corrected chi connectivity index (χ0v) is 12.0. The van der Waals surface area contributed by atoms with Gasteiger partial charge in [-0.25, -0.2) is 4.79 Å². The predicted molar refractivity (Wildman–Crippen MR) is 73.8 cm³/mol. The van der Waals surface area contributed by atoms with Gasteiger partial charge in [-0.1, -0.05) is 23.7 Å². The molecule has 0 bridgehead atoms. The van der Waals surface area contributed by atoms with Gasteiger partial charge >= 0.3 is 5.97 Å². The SMILES string of the molecule is CCOC(=O)C(NC(C)C)c1ccc(C)c(Cl)c1. The number of aryl methyl sites for hydroxylation is 1. The Bertz CT molecular complexity index is 418. The van der Waals surface area contributed by atoms with E-state index in [-0.39, 0.29) is 12.0 Å². The molecule has 0 aromatic heterocycles. The van der Waals surface area contributed by atoms with Gasteiger partial charge in [-0.05, 0) is 44.9 Å². The highest BCUT2D eigenvalue weighted by Crippen LogP contribution is 2.22. The van der Waals surface area contributed by atoms with Gasteiger partial charge in [0, 0.05) is 11.1 Å². The van der Waals surface area contributed by atoms with Crippen LogP contribution in [0.4, 0.5) is 0 Å². The number of rotatable bonds is 5. The van der Waals surface area contributed by atoms with Crippen molar-refractivity contribution in [1.29, 1.82) is 0 Å². The van der Waals surface area contributed by atoms with E-state index in [9.17, 15) is 4.79 Å². The molecule has 0 saturated heterocycles. The molecule has 0 aliphatic carbocycles. The summed E-state index contributed by atoms with van der Waals surface area (Å²) in [5.74, 6) is -0.272. The lowest BCUT2D eigenvalue weighted by molar-refractivity contribution is -0.146. The second-order valence-corrected chi connectivity index (χ2v) is 4.92. The molecule has 4 heteroatoms. The van der Waals surface area contributed by atoms with Gasteiger partial charge in [-0.3, -0.25) is 5.32 Å². The molecule has 0 amide bonds. The van der Waals surface area contributed by atoms with Crippen molar-refractivity contribution >= 4 is 17.6 Å². The first-order valence-corrected chi connectivity index (χ1v) is 6.52. The number of carbonyl (C=O) groups excluding carboxylic acids is 1. The molecule has 0 radical (unpaired) electrons. The molecule has 1 aromatic rings. The van der Waals surface area contributed by atoms with E-state index >= 15 is 0 Å². The van der Waals surface area contributed by atoms with Crippen LogP contribution in [0.1, 0.15) is 37.9 Å². The zero-order chi connectivity index (χ0) is 13.7. The highest BCUT2D eigenvalue weighted by molar-refractivity contribution is 6.31. The molecule has 1 N–H and O–H groups in total. The summed E-state index contributed by atoms with van der Waals surface area (Å²) >= 11 is 6.10. The third-order valence-corrected chi connectivity index (χ3v) is 2.96. The first-order valence-electron chi connectivity index (χ1n) is 6.14. The van der Waals surface area contributed by atoms with Gasteiger partial charge in [0.05, 0.1) is 6.61 Å².